The lowest BCUT2D eigenvalue weighted by Gasteiger charge is -2.30. The van der Waals surface area contributed by atoms with Crippen LogP contribution in [-0.4, -0.2) is 26.6 Å². The summed E-state index contributed by atoms with van der Waals surface area (Å²) in [6, 6.07) is 14.0. The molecule has 0 saturated heterocycles. The lowest BCUT2D eigenvalue weighted by atomic mass is 10.0. The van der Waals surface area contributed by atoms with Crippen molar-refractivity contribution in [3.05, 3.63) is 59.7 Å². The molecule has 0 aliphatic heterocycles. The van der Waals surface area contributed by atoms with Crippen LogP contribution >= 0.6 is 0 Å². The summed E-state index contributed by atoms with van der Waals surface area (Å²) < 4.78 is 26.1. The Morgan fingerprint density at radius 3 is 2.22 bits per heavy atom. The Kier molecular flexibility index (Phi) is 6.65. The van der Waals surface area contributed by atoms with Gasteiger partial charge in [0.2, 0.25) is 15.9 Å². The van der Waals surface area contributed by atoms with Crippen LogP contribution in [0.4, 0.5) is 11.4 Å². The third-order valence-corrected chi connectivity index (χ3v) is 5.61. The normalized spacial score (nSPS) is 12.7. The molecule has 0 spiro atoms. The number of aryl methyl sites for hydroxylation is 1. The Morgan fingerprint density at radius 1 is 1.11 bits per heavy atom. The molecule has 6 heteroatoms. The number of amides is 1. The predicted octanol–water partition coefficient (Wildman–Crippen LogP) is 4.30. The predicted molar refractivity (Wildman–Crippen MR) is 112 cm³/mol. The van der Waals surface area contributed by atoms with Gasteiger partial charge in [-0.2, -0.15) is 0 Å². The monoisotopic (exact) mass is 388 g/mol. The topological polar surface area (TPSA) is 66.5 Å². The van der Waals surface area contributed by atoms with Gasteiger partial charge in [-0.25, -0.2) is 8.42 Å². The molecule has 0 aromatic heterocycles. The minimum absolute atomic E-state index is 0.346. The molecule has 0 bridgehead atoms. The summed E-state index contributed by atoms with van der Waals surface area (Å²) in [5.74, 6) is 0.0573. The van der Waals surface area contributed by atoms with E-state index in [1.165, 1.54) is 9.87 Å². The first-order valence-electron chi connectivity index (χ1n) is 9.10. The van der Waals surface area contributed by atoms with Crippen molar-refractivity contribution in [3.8, 4) is 0 Å². The van der Waals surface area contributed by atoms with Crippen molar-refractivity contribution >= 4 is 27.3 Å². The number of nitrogens with zero attached hydrogens (tertiary/aromatic N) is 1. The minimum Gasteiger partial charge on any atom is -0.324 e. The smallest absolute Gasteiger partial charge is 0.248 e. The molecule has 2 aromatic rings. The van der Waals surface area contributed by atoms with Crippen molar-refractivity contribution in [1.29, 1.82) is 0 Å². The van der Waals surface area contributed by atoms with E-state index in [2.05, 4.69) is 19.2 Å². The lowest BCUT2D eigenvalue weighted by molar-refractivity contribution is -0.117. The molecule has 0 unspecified atom stereocenters. The molecule has 1 amide bonds. The van der Waals surface area contributed by atoms with Gasteiger partial charge in [0.1, 0.15) is 6.04 Å². The maximum absolute atomic E-state index is 12.9. The number of nitrogens with one attached hydrogen (secondary N) is 1. The van der Waals surface area contributed by atoms with E-state index in [-0.39, 0.29) is 5.91 Å². The van der Waals surface area contributed by atoms with Crippen LogP contribution in [0.2, 0.25) is 0 Å². The van der Waals surface area contributed by atoms with Crippen LogP contribution in [-0.2, 0) is 14.8 Å². The number of carbonyl (C=O) groups is 1. The van der Waals surface area contributed by atoms with Gasteiger partial charge in [0.15, 0.2) is 0 Å². The summed E-state index contributed by atoms with van der Waals surface area (Å²) in [7, 11) is -3.63. The molecule has 5 nitrogen and oxygen atoms in total. The molecule has 0 aliphatic rings. The Hall–Kier alpha value is -2.34. The maximum Gasteiger partial charge on any atom is 0.248 e. The fraction of sp³-hybridized carbons (Fsp3) is 0.381. The van der Waals surface area contributed by atoms with Crippen molar-refractivity contribution < 1.29 is 13.2 Å². The van der Waals surface area contributed by atoms with Crippen LogP contribution in [0.3, 0.4) is 0 Å². The number of anilines is 2. The number of sulfonamides is 1. The van der Waals surface area contributed by atoms with Gasteiger partial charge < -0.3 is 5.32 Å². The van der Waals surface area contributed by atoms with E-state index >= 15 is 0 Å². The van der Waals surface area contributed by atoms with E-state index in [4.69, 9.17) is 0 Å². The third kappa shape index (κ3) is 5.32. The number of carbonyl (C=O) groups excluding carboxylic acids is 1. The highest BCUT2D eigenvalue weighted by Crippen LogP contribution is 2.24. The Labute approximate surface area is 162 Å². The molecule has 1 N–H and O–H groups in total. The molecule has 1 atom stereocenters. The molecular weight excluding hydrogens is 360 g/mol. The summed E-state index contributed by atoms with van der Waals surface area (Å²) in [4.78, 5) is 12.9. The van der Waals surface area contributed by atoms with Crippen molar-refractivity contribution in [3.63, 3.8) is 0 Å². The van der Waals surface area contributed by atoms with Crippen LogP contribution in [0.15, 0.2) is 48.5 Å². The van der Waals surface area contributed by atoms with Crippen molar-refractivity contribution in [1.82, 2.24) is 0 Å². The van der Waals surface area contributed by atoms with Gasteiger partial charge in [-0.15, -0.1) is 0 Å². The standard InChI is InChI=1S/C21H28N2O3S/c1-6-20(21(24)22-18-12-10-17(11-13-18)15(2)3)23(27(5,25)26)19-9-7-8-16(4)14-19/h7-15,20H,6H2,1-5H3,(H,22,24)/t20-/m0/s1. The van der Waals surface area contributed by atoms with Crippen LogP contribution in [0, 0.1) is 6.92 Å². The van der Waals surface area contributed by atoms with Gasteiger partial charge >= 0.3 is 0 Å². The summed E-state index contributed by atoms with van der Waals surface area (Å²) in [5, 5.41) is 2.85. The maximum atomic E-state index is 12.9. The Bertz CT molecular complexity index is 890. The average Bonchev–Trinajstić information content (AvgIpc) is 2.58. The fourth-order valence-corrected chi connectivity index (χ4v) is 4.21. The summed E-state index contributed by atoms with van der Waals surface area (Å²) in [6.45, 7) is 7.90. The molecule has 0 heterocycles. The first-order valence-corrected chi connectivity index (χ1v) is 10.9. The summed E-state index contributed by atoms with van der Waals surface area (Å²) in [5.41, 5.74) is 3.26. The zero-order valence-electron chi connectivity index (χ0n) is 16.6. The number of rotatable bonds is 7. The quantitative estimate of drug-likeness (QED) is 0.769. The van der Waals surface area contributed by atoms with Gasteiger partial charge in [0, 0.05) is 5.69 Å². The second-order valence-electron chi connectivity index (χ2n) is 7.09. The second-order valence-corrected chi connectivity index (χ2v) is 8.95. The first-order chi connectivity index (χ1) is 12.6. The van der Waals surface area contributed by atoms with Crippen LogP contribution < -0.4 is 9.62 Å². The number of hydrogen-bond donors (Lipinski definition) is 1. The highest BCUT2D eigenvalue weighted by molar-refractivity contribution is 7.92. The average molecular weight is 389 g/mol. The number of benzene rings is 2. The van der Waals surface area contributed by atoms with Crippen LogP contribution in [0.1, 0.15) is 44.2 Å². The summed E-state index contributed by atoms with van der Waals surface area (Å²) >= 11 is 0. The largest absolute Gasteiger partial charge is 0.324 e. The Morgan fingerprint density at radius 2 is 1.74 bits per heavy atom. The highest BCUT2D eigenvalue weighted by atomic mass is 32.2. The third-order valence-electron chi connectivity index (χ3n) is 4.43. The van der Waals surface area contributed by atoms with Gasteiger partial charge in [0.25, 0.3) is 0 Å². The van der Waals surface area contributed by atoms with Crippen LogP contribution in [0.25, 0.3) is 0 Å². The van der Waals surface area contributed by atoms with Gasteiger partial charge in [0.05, 0.1) is 11.9 Å². The van der Waals surface area contributed by atoms with Crippen molar-refractivity contribution in [2.24, 2.45) is 0 Å². The van der Waals surface area contributed by atoms with E-state index in [9.17, 15) is 13.2 Å². The molecule has 2 aromatic carbocycles. The van der Waals surface area contributed by atoms with Crippen LogP contribution in [0.5, 0.6) is 0 Å². The molecular formula is C21H28N2O3S. The Balaban J connectivity index is 2.31. The molecule has 0 saturated carbocycles. The SMILES string of the molecule is CC[C@@H](C(=O)Nc1ccc(C(C)C)cc1)N(c1cccc(C)c1)S(C)(=O)=O. The fourth-order valence-electron chi connectivity index (χ4n) is 3.00. The first kappa shape index (κ1) is 21.0. The van der Waals surface area contributed by atoms with E-state index in [1.54, 1.807) is 25.1 Å². The molecule has 0 radical (unpaired) electrons. The van der Waals surface area contributed by atoms with Gasteiger partial charge in [-0.05, 0) is 54.7 Å². The zero-order valence-corrected chi connectivity index (χ0v) is 17.4. The minimum atomic E-state index is -3.63. The molecule has 27 heavy (non-hydrogen) atoms. The van der Waals surface area contributed by atoms with Crippen molar-refractivity contribution in [2.75, 3.05) is 15.9 Å². The number of hydrogen-bond acceptors (Lipinski definition) is 3. The van der Waals surface area contributed by atoms with E-state index in [0.717, 1.165) is 11.8 Å². The van der Waals surface area contributed by atoms with E-state index in [0.29, 0.717) is 23.7 Å². The molecule has 0 fully saturated rings. The van der Waals surface area contributed by atoms with E-state index < -0.39 is 16.1 Å². The molecule has 0 aliphatic carbocycles. The van der Waals surface area contributed by atoms with Crippen molar-refractivity contribution in [2.45, 2.75) is 46.1 Å². The van der Waals surface area contributed by atoms with Gasteiger partial charge in [-0.1, -0.05) is 45.0 Å². The van der Waals surface area contributed by atoms with Gasteiger partial charge in [-0.3, -0.25) is 9.10 Å². The zero-order chi connectivity index (χ0) is 20.2. The van der Waals surface area contributed by atoms with E-state index in [1.807, 2.05) is 37.3 Å². The highest BCUT2D eigenvalue weighted by Gasteiger charge is 2.31. The lowest BCUT2D eigenvalue weighted by Crippen LogP contribution is -2.47. The summed E-state index contributed by atoms with van der Waals surface area (Å²) in [6.07, 6.45) is 1.49. The second kappa shape index (κ2) is 8.57. The molecule has 146 valence electrons. The molecule has 2 rings (SSSR count).